The van der Waals surface area contributed by atoms with E-state index < -0.39 is 17.6 Å². The summed E-state index contributed by atoms with van der Waals surface area (Å²) in [5, 5.41) is 2.89. The van der Waals surface area contributed by atoms with Crippen LogP contribution in [-0.2, 0) is 27.4 Å². The minimum absolute atomic E-state index is 0.197. The Morgan fingerprint density at radius 1 is 0.914 bits per heavy atom. The first kappa shape index (κ1) is 26.0. The summed E-state index contributed by atoms with van der Waals surface area (Å²) in [6.45, 7) is 7.62. The summed E-state index contributed by atoms with van der Waals surface area (Å²) < 4.78 is 10.7. The molecule has 1 aliphatic rings. The molecule has 1 atom stereocenters. The Labute approximate surface area is 206 Å². The summed E-state index contributed by atoms with van der Waals surface area (Å²) in [6.07, 6.45) is -0.376. The zero-order valence-electron chi connectivity index (χ0n) is 20.5. The molecule has 1 aliphatic heterocycles. The smallest absolute Gasteiger partial charge is 0.410 e. The van der Waals surface area contributed by atoms with E-state index in [2.05, 4.69) is 5.32 Å². The highest BCUT2D eigenvalue weighted by molar-refractivity contribution is 5.78. The van der Waals surface area contributed by atoms with Gasteiger partial charge >= 0.3 is 18.1 Å². The molecule has 0 bridgehead atoms. The number of hydrogen-bond donors (Lipinski definition) is 2. The molecule has 188 valence electrons. The van der Waals surface area contributed by atoms with Crippen LogP contribution in [0.5, 0.6) is 0 Å². The molecule has 1 fully saturated rings. The second kappa shape index (κ2) is 11.7. The second-order valence-electron chi connectivity index (χ2n) is 9.43. The number of hydrogen-bond acceptors (Lipinski definition) is 6. The van der Waals surface area contributed by atoms with Gasteiger partial charge in [-0.15, -0.1) is 0 Å². The molecule has 0 aliphatic carbocycles. The Kier molecular flexibility index (Phi) is 8.70. The van der Waals surface area contributed by atoms with Crippen LogP contribution in [0.1, 0.15) is 43.5 Å². The molecule has 2 aromatic rings. The average molecular weight is 483 g/mol. The molecule has 35 heavy (non-hydrogen) atoms. The molecule has 3 N–H and O–H groups in total. The molecule has 0 aromatic heterocycles. The summed E-state index contributed by atoms with van der Waals surface area (Å²) >= 11 is 0. The van der Waals surface area contributed by atoms with Gasteiger partial charge in [-0.05, 0) is 37.5 Å². The van der Waals surface area contributed by atoms with Crippen LogP contribution in [-0.4, -0.2) is 59.7 Å². The summed E-state index contributed by atoms with van der Waals surface area (Å²) in [5.74, 6) is -0.485. The Morgan fingerprint density at radius 3 is 2.11 bits per heavy atom. The average Bonchev–Trinajstić information content (AvgIpc) is 2.85. The summed E-state index contributed by atoms with van der Waals surface area (Å²) in [6, 6.07) is 15.6. The minimum atomic E-state index is -0.867. The van der Waals surface area contributed by atoms with Gasteiger partial charge < -0.3 is 30.3 Å². The predicted octanol–water partition coefficient (Wildman–Crippen LogP) is 3.19. The molecule has 0 saturated carbocycles. The highest BCUT2D eigenvalue weighted by atomic mass is 16.6. The Bertz CT molecular complexity index is 997. The standard InChI is InChI=1S/C26H34N4O5/c1-26(2,3)35-23(31)22(27)21-11-9-19(10-12-21)17-28-24(32)29-13-15-30(16-14-29)25(33)34-18-20-7-5-4-6-8-20/h4-12,22H,13-18,27H2,1-3H3,(H,28,32). The first-order chi connectivity index (χ1) is 16.6. The van der Waals surface area contributed by atoms with E-state index in [9.17, 15) is 14.4 Å². The molecular formula is C26H34N4O5. The van der Waals surface area contributed by atoms with E-state index in [1.54, 1.807) is 42.7 Å². The predicted molar refractivity (Wildman–Crippen MR) is 131 cm³/mol. The molecule has 1 unspecified atom stereocenters. The topological polar surface area (TPSA) is 114 Å². The maximum atomic E-state index is 12.6. The van der Waals surface area contributed by atoms with E-state index in [0.717, 1.165) is 11.1 Å². The number of carbonyl (C=O) groups is 3. The van der Waals surface area contributed by atoms with Crippen molar-refractivity contribution >= 4 is 18.1 Å². The van der Waals surface area contributed by atoms with E-state index >= 15 is 0 Å². The quantitative estimate of drug-likeness (QED) is 0.611. The van der Waals surface area contributed by atoms with Crippen LogP contribution in [0.3, 0.4) is 0 Å². The maximum Gasteiger partial charge on any atom is 0.410 e. The van der Waals surface area contributed by atoms with Gasteiger partial charge in [0.15, 0.2) is 0 Å². The van der Waals surface area contributed by atoms with Crippen LogP contribution in [0.2, 0.25) is 0 Å². The van der Waals surface area contributed by atoms with Crippen molar-refractivity contribution in [3.8, 4) is 0 Å². The van der Waals surface area contributed by atoms with Crippen LogP contribution >= 0.6 is 0 Å². The fourth-order valence-corrected chi connectivity index (χ4v) is 3.54. The van der Waals surface area contributed by atoms with Gasteiger partial charge in [-0.25, -0.2) is 14.4 Å². The minimum Gasteiger partial charge on any atom is -0.459 e. The highest BCUT2D eigenvalue weighted by Gasteiger charge is 2.25. The molecule has 1 heterocycles. The summed E-state index contributed by atoms with van der Waals surface area (Å²) in [5.41, 5.74) is 7.85. The number of nitrogens with two attached hydrogens (primary N) is 1. The number of amides is 3. The van der Waals surface area contributed by atoms with Crippen molar-refractivity contribution in [2.24, 2.45) is 5.73 Å². The fraction of sp³-hybridized carbons (Fsp3) is 0.423. The Morgan fingerprint density at radius 2 is 1.51 bits per heavy atom. The number of urea groups is 1. The van der Waals surface area contributed by atoms with Crippen molar-refractivity contribution in [2.45, 2.75) is 45.6 Å². The lowest BCUT2D eigenvalue weighted by Gasteiger charge is -2.34. The van der Waals surface area contributed by atoms with Crippen molar-refractivity contribution in [2.75, 3.05) is 26.2 Å². The highest BCUT2D eigenvalue weighted by Crippen LogP contribution is 2.17. The number of ether oxygens (including phenoxy) is 2. The van der Waals surface area contributed by atoms with Crippen molar-refractivity contribution in [1.82, 2.24) is 15.1 Å². The SMILES string of the molecule is CC(C)(C)OC(=O)C(N)c1ccc(CNC(=O)N2CCN(C(=O)OCc3ccccc3)CC2)cc1. The van der Waals surface area contributed by atoms with Crippen LogP contribution in [0.25, 0.3) is 0 Å². The van der Waals surface area contributed by atoms with E-state index in [-0.39, 0.29) is 18.7 Å². The number of carbonyl (C=O) groups excluding carboxylic acids is 3. The number of piperazine rings is 1. The lowest BCUT2D eigenvalue weighted by Crippen LogP contribution is -2.53. The molecule has 0 radical (unpaired) electrons. The first-order valence-electron chi connectivity index (χ1n) is 11.7. The maximum absolute atomic E-state index is 12.6. The largest absolute Gasteiger partial charge is 0.459 e. The molecule has 0 spiro atoms. The van der Waals surface area contributed by atoms with Gasteiger partial charge in [0.1, 0.15) is 18.2 Å². The number of rotatable bonds is 6. The number of benzene rings is 2. The molecule has 9 heteroatoms. The number of nitrogens with zero attached hydrogens (tertiary/aromatic N) is 2. The van der Waals surface area contributed by atoms with Crippen LogP contribution in [0.15, 0.2) is 54.6 Å². The monoisotopic (exact) mass is 482 g/mol. The second-order valence-corrected chi connectivity index (χ2v) is 9.43. The molecule has 9 nitrogen and oxygen atoms in total. The van der Waals surface area contributed by atoms with Crippen LogP contribution < -0.4 is 11.1 Å². The summed E-state index contributed by atoms with van der Waals surface area (Å²) in [7, 11) is 0. The molecule has 2 aromatic carbocycles. The van der Waals surface area contributed by atoms with E-state index in [4.69, 9.17) is 15.2 Å². The lowest BCUT2D eigenvalue weighted by molar-refractivity contribution is -0.156. The Balaban J connectivity index is 1.40. The fourth-order valence-electron chi connectivity index (χ4n) is 3.54. The van der Waals surface area contributed by atoms with E-state index in [1.807, 2.05) is 42.5 Å². The zero-order chi connectivity index (χ0) is 25.4. The lowest BCUT2D eigenvalue weighted by atomic mass is 10.1. The van der Waals surface area contributed by atoms with Gasteiger partial charge in [0.2, 0.25) is 0 Å². The molecule has 3 rings (SSSR count). The summed E-state index contributed by atoms with van der Waals surface area (Å²) in [4.78, 5) is 40.3. The third kappa shape index (κ3) is 7.99. The first-order valence-corrected chi connectivity index (χ1v) is 11.7. The van der Waals surface area contributed by atoms with Gasteiger partial charge in [0.05, 0.1) is 0 Å². The van der Waals surface area contributed by atoms with Gasteiger partial charge in [-0.2, -0.15) is 0 Å². The molecular weight excluding hydrogens is 448 g/mol. The van der Waals surface area contributed by atoms with Crippen molar-refractivity contribution in [3.63, 3.8) is 0 Å². The van der Waals surface area contributed by atoms with Gasteiger partial charge in [0, 0.05) is 32.7 Å². The van der Waals surface area contributed by atoms with Gasteiger partial charge in [-0.1, -0.05) is 54.6 Å². The normalized spacial score (nSPS) is 14.7. The zero-order valence-corrected chi connectivity index (χ0v) is 20.5. The van der Waals surface area contributed by atoms with E-state index in [1.165, 1.54) is 0 Å². The number of nitrogens with one attached hydrogen (secondary N) is 1. The number of esters is 1. The van der Waals surface area contributed by atoms with Crippen LogP contribution in [0.4, 0.5) is 9.59 Å². The van der Waals surface area contributed by atoms with Crippen LogP contribution in [0, 0.1) is 0 Å². The third-order valence-corrected chi connectivity index (χ3v) is 5.47. The van der Waals surface area contributed by atoms with Crippen molar-refractivity contribution in [3.05, 3.63) is 71.3 Å². The molecule has 1 saturated heterocycles. The van der Waals surface area contributed by atoms with Gasteiger partial charge in [-0.3, -0.25) is 0 Å². The van der Waals surface area contributed by atoms with Gasteiger partial charge in [0.25, 0.3) is 0 Å². The third-order valence-electron chi connectivity index (χ3n) is 5.47. The van der Waals surface area contributed by atoms with Crippen molar-refractivity contribution < 1.29 is 23.9 Å². The Hall–Kier alpha value is -3.59. The molecule has 3 amide bonds. The van der Waals surface area contributed by atoms with Crippen molar-refractivity contribution in [1.29, 1.82) is 0 Å². The van der Waals surface area contributed by atoms with E-state index in [0.29, 0.717) is 38.3 Å².